The van der Waals surface area contributed by atoms with Crippen LogP contribution < -0.4 is 10.2 Å². The van der Waals surface area contributed by atoms with Crippen LogP contribution in [-0.2, 0) is 11.3 Å². The molecule has 1 fully saturated rings. The molecule has 5 nitrogen and oxygen atoms in total. The zero-order valence-corrected chi connectivity index (χ0v) is 19.1. The highest BCUT2D eigenvalue weighted by molar-refractivity contribution is 7.16. The lowest BCUT2D eigenvalue weighted by Crippen LogP contribution is -2.37. The number of carbonyl (C=O) groups is 1. The smallest absolute Gasteiger partial charge is 0.308 e. The van der Waals surface area contributed by atoms with Crippen LogP contribution in [0, 0.1) is 11.7 Å². The summed E-state index contributed by atoms with van der Waals surface area (Å²) in [6, 6.07) is 10.5. The predicted molar refractivity (Wildman–Crippen MR) is 125 cm³/mol. The van der Waals surface area contributed by atoms with E-state index in [2.05, 4.69) is 10.2 Å². The van der Waals surface area contributed by atoms with E-state index >= 15 is 0 Å². The monoisotopic (exact) mass is 461 g/mol. The fraction of sp³-hybridized carbons (Fsp3) is 0.391. The molecule has 31 heavy (non-hydrogen) atoms. The molecule has 0 bridgehead atoms. The van der Waals surface area contributed by atoms with E-state index in [1.165, 1.54) is 17.4 Å². The summed E-state index contributed by atoms with van der Waals surface area (Å²) in [6.45, 7) is 5.95. The Kier molecular flexibility index (Phi) is 6.46. The van der Waals surface area contributed by atoms with Crippen LogP contribution in [0.3, 0.4) is 0 Å². The molecule has 164 valence electrons. The minimum absolute atomic E-state index is 0.00712. The molecule has 1 aliphatic heterocycles. The first-order valence-corrected chi connectivity index (χ1v) is 11.6. The van der Waals surface area contributed by atoms with E-state index in [-0.39, 0.29) is 28.6 Å². The molecule has 2 aromatic carbocycles. The summed E-state index contributed by atoms with van der Waals surface area (Å²) in [4.78, 5) is 27.2. The lowest BCUT2D eigenvalue weighted by Gasteiger charge is -2.31. The van der Waals surface area contributed by atoms with Gasteiger partial charge in [-0.25, -0.2) is 4.39 Å². The Balaban J connectivity index is 1.36. The van der Waals surface area contributed by atoms with Crippen molar-refractivity contribution in [2.24, 2.45) is 5.92 Å². The highest BCUT2D eigenvalue weighted by Crippen LogP contribution is 2.26. The van der Waals surface area contributed by atoms with Crippen LogP contribution in [0.25, 0.3) is 10.2 Å². The Labute approximate surface area is 189 Å². The average molecular weight is 462 g/mol. The maximum atomic E-state index is 14.0. The van der Waals surface area contributed by atoms with Gasteiger partial charge >= 0.3 is 4.87 Å². The van der Waals surface area contributed by atoms with Crippen LogP contribution in [0.4, 0.5) is 10.1 Å². The van der Waals surface area contributed by atoms with Crippen molar-refractivity contribution >= 4 is 44.7 Å². The van der Waals surface area contributed by atoms with E-state index < -0.39 is 0 Å². The van der Waals surface area contributed by atoms with E-state index in [4.69, 9.17) is 11.6 Å². The van der Waals surface area contributed by atoms with Crippen molar-refractivity contribution in [2.75, 3.05) is 18.4 Å². The van der Waals surface area contributed by atoms with Crippen LogP contribution in [0.15, 0.2) is 41.2 Å². The quantitative estimate of drug-likeness (QED) is 0.561. The van der Waals surface area contributed by atoms with Crippen molar-refractivity contribution in [3.05, 3.63) is 62.5 Å². The fourth-order valence-electron chi connectivity index (χ4n) is 4.09. The number of rotatable bonds is 5. The lowest BCUT2D eigenvalue weighted by atomic mass is 9.95. The molecule has 2 heterocycles. The maximum Gasteiger partial charge on any atom is 0.308 e. The average Bonchev–Trinajstić information content (AvgIpc) is 3.05. The minimum atomic E-state index is -0.295. The molecule has 1 saturated heterocycles. The minimum Gasteiger partial charge on any atom is -0.326 e. The lowest BCUT2D eigenvalue weighted by molar-refractivity contribution is -0.121. The van der Waals surface area contributed by atoms with Gasteiger partial charge in [0.1, 0.15) is 5.82 Å². The predicted octanol–water partition coefficient (Wildman–Crippen LogP) is 5.29. The highest BCUT2D eigenvalue weighted by Gasteiger charge is 2.25. The second-order valence-electron chi connectivity index (χ2n) is 8.29. The SMILES string of the molecule is CC(C)n1c(=O)sc2cc(NC(=O)C3CCN(Cc4ccc(Cl)cc4F)CC3)ccc21. The van der Waals surface area contributed by atoms with E-state index in [0.717, 1.165) is 36.1 Å². The topological polar surface area (TPSA) is 54.3 Å². The molecule has 4 rings (SSSR count). The van der Waals surface area contributed by atoms with Crippen molar-refractivity contribution in [3.8, 4) is 0 Å². The number of benzene rings is 2. The number of amides is 1. The number of hydrogen-bond acceptors (Lipinski definition) is 4. The maximum absolute atomic E-state index is 14.0. The summed E-state index contributed by atoms with van der Waals surface area (Å²) in [5, 5.41) is 3.40. The largest absolute Gasteiger partial charge is 0.326 e. The standard InChI is InChI=1S/C23H25ClFN3O2S/c1-14(2)28-20-6-5-18(12-21(20)31-23(28)30)26-22(29)15-7-9-27(10-8-15)13-16-3-4-17(24)11-19(16)25/h3-6,11-12,14-15H,7-10,13H2,1-2H3,(H,26,29). The number of likely N-dealkylation sites (tertiary alicyclic amines) is 1. The van der Waals surface area contributed by atoms with Crippen LogP contribution in [0.1, 0.15) is 38.3 Å². The number of carbonyl (C=O) groups excluding carboxylic acids is 1. The number of nitrogens with zero attached hydrogens (tertiary/aromatic N) is 2. The van der Waals surface area contributed by atoms with Gasteiger partial charge in [0.2, 0.25) is 5.91 Å². The van der Waals surface area contributed by atoms with E-state index in [9.17, 15) is 14.0 Å². The molecule has 3 aromatic rings. The number of fused-ring (bicyclic) bond motifs is 1. The second-order valence-corrected chi connectivity index (χ2v) is 9.72. The van der Waals surface area contributed by atoms with E-state index in [1.807, 2.05) is 32.0 Å². The third kappa shape index (κ3) is 4.84. The molecule has 1 aromatic heterocycles. The summed E-state index contributed by atoms with van der Waals surface area (Å²) in [7, 11) is 0. The van der Waals surface area contributed by atoms with Crippen LogP contribution in [-0.4, -0.2) is 28.5 Å². The number of anilines is 1. The summed E-state index contributed by atoms with van der Waals surface area (Å²) in [5.41, 5.74) is 2.22. The van der Waals surface area contributed by atoms with Crippen molar-refractivity contribution < 1.29 is 9.18 Å². The van der Waals surface area contributed by atoms with E-state index in [1.54, 1.807) is 16.7 Å². The Morgan fingerprint density at radius 1 is 1.23 bits per heavy atom. The molecular weight excluding hydrogens is 437 g/mol. The molecule has 0 radical (unpaired) electrons. The van der Waals surface area contributed by atoms with Gasteiger partial charge in [-0.05, 0) is 70.1 Å². The Bertz CT molecular complexity index is 1170. The Hall–Kier alpha value is -2.22. The molecule has 1 aliphatic rings. The molecule has 1 amide bonds. The number of halogens is 2. The van der Waals surface area contributed by atoms with Gasteiger partial charge in [-0.2, -0.15) is 0 Å². The van der Waals surface area contributed by atoms with Crippen LogP contribution in [0.5, 0.6) is 0 Å². The summed E-state index contributed by atoms with van der Waals surface area (Å²) in [5.74, 6) is -0.385. The Morgan fingerprint density at radius 2 is 1.97 bits per heavy atom. The zero-order chi connectivity index (χ0) is 22.1. The third-order valence-corrected chi connectivity index (χ3v) is 6.92. The van der Waals surface area contributed by atoms with Crippen LogP contribution in [0.2, 0.25) is 5.02 Å². The van der Waals surface area contributed by atoms with Gasteiger partial charge in [-0.1, -0.05) is 29.0 Å². The molecule has 0 atom stereocenters. The number of nitrogens with one attached hydrogen (secondary N) is 1. The molecule has 0 saturated carbocycles. The third-order valence-electron chi connectivity index (χ3n) is 5.76. The first-order valence-electron chi connectivity index (χ1n) is 10.4. The summed E-state index contributed by atoms with van der Waals surface area (Å²) >= 11 is 7.02. The number of aromatic nitrogens is 1. The number of hydrogen-bond donors (Lipinski definition) is 1. The number of piperidine rings is 1. The van der Waals surface area contributed by atoms with Crippen molar-refractivity contribution in [2.45, 2.75) is 39.3 Å². The van der Waals surface area contributed by atoms with Gasteiger partial charge in [-0.3, -0.25) is 19.1 Å². The molecule has 0 unspecified atom stereocenters. The zero-order valence-electron chi connectivity index (χ0n) is 17.5. The first-order chi connectivity index (χ1) is 14.8. The second kappa shape index (κ2) is 9.10. The Morgan fingerprint density at radius 3 is 2.65 bits per heavy atom. The molecular formula is C23H25ClFN3O2S. The molecule has 0 aliphatic carbocycles. The van der Waals surface area contributed by atoms with Crippen molar-refractivity contribution in [1.82, 2.24) is 9.47 Å². The summed E-state index contributed by atoms with van der Waals surface area (Å²) in [6.07, 6.45) is 1.45. The normalized spacial score (nSPS) is 15.6. The van der Waals surface area contributed by atoms with E-state index in [0.29, 0.717) is 22.8 Å². The fourth-order valence-corrected chi connectivity index (χ4v) is 5.30. The van der Waals surface area contributed by atoms with Crippen LogP contribution >= 0.6 is 22.9 Å². The first kappa shape index (κ1) is 22.0. The highest BCUT2D eigenvalue weighted by atomic mass is 35.5. The van der Waals surface area contributed by atoms with Gasteiger partial charge in [0.05, 0.1) is 10.2 Å². The van der Waals surface area contributed by atoms with Gasteiger partial charge < -0.3 is 5.32 Å². The molecule has 1 N–H and O–H groups in total. The van der Waals surface area contributed by atoms with Crippen molar-refractivity contribution in [1.29, 1.82) is 0 Å². The van der Waals surface area contributed by atoms with Gasteiger partial charge in [0.15, 0.2) is 0 Å². The molecule has 8 heteroatoms. The van der Waals surface area contributed by atoms with Gasteiger partial charge in [0, 0.05) is 34.8 Å². The van der Waals surface area contributed by atoms with Gasteiger partial charge in [-0.15, -0.1) is 0 Å². The molecule has 0 spiro atoms. The van der Waals surface area contributed by atoms with Gasteiger partial charge in [0.25, 0.3) is 0 Å². The summed E-state index contributed by atoms with van der Waals surface area (Å²) < 4.78 is 16.7. The number of thiazole rings is 1. The van der Waals surface area contributed by atoms with Crippen molar-refractivity contribution in [3.63, 3.8) is 0 Å².